The molecule has 0 unspecified atom stereocenters. The molecular weight excluding hydrogens is 279 g/mol. The molecule has 0 spiro atoms. The molecule has 0 saturated heterocycles. The van der Waals surface area contributed by atoms with Crippen LogP contribution in [0.5, 0.6) is 0 Å². The molecular formula is C14H9O5P. The van der Waals surface area contributed by atoms with Crippen LogP contribution in [0.4, 0.5) is 0 Å². The summed E-state index contributed by atoms with van der Waals surface area (Å²) in [4.78, 5) is 42.9. The zero-order valence-electron chi connectivity index (χ0n) is 10.1. The van der Waals surface area contributed by atoms with Gasteiger partial charge < -0.3 is 9.79 Å². The van der Waals surface area contributed by atoms with Crippen LogP contribution < -0.4 is 5.30 Å². The first-order valence-electron chi connectivity index (χ1n) is 5.78. The molecule has 0 aromatic heterocycles. The molecule has 0 heterocycles. The second kappa shape index (κ2) is 4.21. The van der Waals surface area contributed by atoms with Crippen molar-refractivity contribution in [2.45, 2.75) is 0 Å². The Morgan fingerprint density at radius 3 is 1.80 bits per heavy atom. The minimum Gasteiger partial charge on any atom is -0.321 e. The normalized spacial score (nSPS) is 13.9. The number of benzene rings is 2. The van der Waals surface area contributed by atoms with Crippen molar-refractivity contribution in [1.29, 1.82) is 0 Å². The number of hydrogen-bond donors (Lipinski definition) is 2. The first-order chi connectivity index (χ1) is 9.39. The van der Waals surface area contributed by atoms with Crippen molar-refractivity contribution in [2.24, 2.45) is 0 Å². The maximum absolute atomic E-state index is 12.3. The summed E-state index contributed by atoms with van der Waals surface area (Å²) in [6, 6.07) is 9.98. The van der Waals surface area contributed by atoms with Gasteiger partial charge in [-0.15, -0.1) is 0 Å². The lowest BCUT2D eigenvalue weighted by Crippen LogP contribution is -2.22. The lowest BCUT2D eigenvalue weighted by Gasteiger charge is -2.18. The molecule has 2 aromatic rings. The van der Waals surface area contributed by atoms with E-state index in [4.69, 9.17) is 9.79 Å². The number of fused-ring (bicyclic) bond motifs is 2. The number of carbonyl (C=O) groups is 2. The van der Waals surface area contributed by atoms with Crippen molar-refractivity contribution in [3.05, 3.63) is 64.7 Å². The molecule has 0 aliphatic heterocycles. The summed E-state index contributed by atoms with van der Waals surface area (Å²) < 4.78 is 11.3. The Morgan fingerprint density at radius 2 is 1.25 bits per heavy atom. The van der Waals surface area contributed by atoms with E-state index in [1.165, 1.54) is 18.2 Å². The maximum atomic E-state index is 12.3. The Hall–Kier alpha value is -2.07. The highest BCUT2D eigenvalue weighted by Gasteiger charge is 2.31. The monoisotopic (exact) mass is 288 g/mol. The van der Waals surface area contributed by atoms with Gasteiger partial charge in [-0.2, -0.15) is 0 Å². The fourth-order valence-electron chi connectivity index (χ4n) is 2.27. The van der Waals surface area contributed by atoms with E-state index in [1.807, 2.05) is 0 Å². The van der Waals surface area contributed by atoms with Crippen LogP contribution in [0.1, 0.15) is 31.8 Å². The van der Waals surface area contributed by atoms with Crippen LogP contribution >= 0.6 is 7.60 Å². The lowest BCUT2D eigenvalue weighted by atomic mass is 9.84. The van der Waals surface area contributed by atoms with E-state index in [-0.39, 0.29) is 27.8 Å². The molecule has 0 amide bonds. The van der Waals surface area contributed by atoms with Crippen LogP contribution in [0.25, 0.3) is 0 Å². The fourth-order valence-corrected chi connectivity index (χ4v) is 2.83. The topological polar surface area (TPSA) is 91.7 Å². The highest BCUT2D eigenvalue weighted by atomic mass is 31.2. The van der Waals surface area contributed by atoms with Crippen molar-refractivity contribution < 1.29 is 23.9 Å². The summed E-state index contributed by atoms with van der Waals surface area (Å²) in [6.07, 6.45) is 0. The van der Waals surface area contributed by atoms with E-state index in [2.05, 4.69) is 0 Å². The van der Waals surface area contributed by atoms with Crippen LogP contribution in [0, 0.1) is 0 Å². The summed E-state index contributed by atoms with van der Waals surface area (Å²) in [6.45, 7) is 0. The summed E-state index contributed by atoms with van der Waals surface area (Å²) in [5, 5.41) is -0.267. The number of rotatable bonds is 1. The largest absolute Gasteiger partial charge is 0.356 e. The van der Waals surface area contributed by atoms with Gasteiger partial charge in [-0.1, -0.05) is 24.3 Å². The van der Waals surface area contributed by atoms with Crippen LogP contribution in [0.2, 0.25) is 0 Å². The van der Waals surface area contributed by atoms with Gasteiger partial charge in [0.2, 0.25) is 0 Å². The van der Waals surface area contributed by atoms with Gasteiger partial charge in [-0.25, -0.2) is 0 Å². The average Bonchev–Trinajstić information content (AvgIpc) is 2.43. The van der Waals surface area contributed by atoms with E-state index in [0.29, 0.717) is 5.56 Å². The van der Waals surface area contributed by atoms with E-state index < -0.39 is 13.4 Å². The number of hydrogen-bond acceptors (Lipinski definition) is 3. The van der Waals surface area contributed by atoms with Crippen molar-refractivity contribution in [3.8, 4) is 0 Å². The highest BCUT2D eigenvalue weighted by Crippen LogP contribution is 2.35. The van der Waals surface area contributed by atoms with E-state index in [1.54, 1.807) is 18.2 Å². The van der Waals surface area contributed by atoms with E-state index in [9.17, 15) is 14.2 Å². The molecule has 0 bridgehead atoms. The van der Waals surface area contributed by atoms with Crippen molar-refractivity contribution in [2.75, 3.05) is 0 Å². The molecule has 3 rings (SSSR count). The standard InChI is InChI=1S/C14H9O5P/c15-13-9-3-1-2-4-10(9)14(16)12-7-8(20(17,18)19)5-6-11(12)13/h1-7H,(H2,17,18,19). The zero-order chi connectivity index (χ0) is 14.5. The molecule has 6 heteroatoms. The van der Waals surface area contributed by atoms with E-state index in [0.717, 1.165) is 6.07 Å². The predicted molar refractivity (Wildman–Crippen MR) is 71.4 cm³/mol. The summed E-state index contributed by atoms with van der Waals surface area (Å²) in [7, 11) is -4.46. The van der Waals surface area contributed by atoms with Gasteiger partial charge in [-0.3, -0.25) is 14.2 Å². The lowest BCUT2D eigenvalue weighted by molar-refractivity contribution is 0.0979. The quantitative estimate of drug-likeness (QED) is 0.658. The zero-order valence-corrected chi connectivity index (χ0v) is 11.0. The predicted octanol–water partition coefficient (Wildman–Crippen LogP) is 1.27. The SMILES string of the molecule is O=C1c2ccccc2C(=O)c2cc(P(=O)(O)O)ccc21. The third kappa shape index (κ3) is 1.84. The Labute approximate surface area is 114 Å². The third-order valence-corrected chi connectivity index (χ3v) is 4.20. The van der Waals surface area contributed by atoms with Gasteiger partial charge >= 0.3 is 7.60 Å². The average molecular weight is 288 g/mol. The molecule has 0 fully saturated rings. The van der Waals surface area contributed by atoms with Crippen LogP contribution in [0.15, 0.2) is 42.5 Å². The molecule has 0 radical (unpaired) electrons. The van der Waals surface area contributed by atoms with Gasteiger partial charge in [0.25, 0.3) is 0 Å². The Bertz CT molecular complexity index is 803. The van der Waals surface area contributed by atoms with Crippen LogP contribution in [0.3, 0.4) is 0 Å². The van der Waals surface area contributed by atoms with E-state index >= 15 is 0 Å². The Kier molecular flexibility index (Phi) is 2.73. The molecule has 2 aromatic carbocycles. The van der Waals surface area contributed by atoms with Crippen LogP contribution in [-0.4, -0.2) is 21.4 Å². The molecule has 5 nitrogen and oxygen atoms in total. The summed E-state index contributed by atoms with van der Waals surface area (Å²) in [5.74, 6) is -0.710. The second-order valence-corrected chi connectivity index (χ2v) is 6.08. The molecule has 20 heavy (non-hydrogen) atoms. The fraction of sp³-hybridized carbons (Fsp3) is 0. The van der Waals surface area contributed by atoms with Gasteiger partial charge in [0.15, 0.2) is 11.6 Å². The molecule has 0 saturated carbocycles. The molecule has 1 aliphatic carbocycles. The Morgan fingerprint density at radius 1 is 0.750 bits per heavy atom. The molecule has 100 valence electrons. The summed E-state index contributed by atoms with van der Waals surface area (Å²) in [5.41, 5.74) is 0.780. The van der Waals surface area contributed by atoms with Gasteiger partial charge in [0.05, 0.1) is 5.30 Å². The Balaban J connectivity index is 2.26. The third-order valence-electron chi connectivity index (χ3n) is 3.25. The highest BCUT2D eigenvalue weighted by molar-refractivity contribution is 7.60. The minimum atomic E-state index is -4.46. The van der Waals surface area contributed by atoms with Crippen molar-refractivity contribution in [1.82, 2.24) is 0 Å². The minimum absolute atomic E-state index is 0.0366. The van der Waals surface area contributed by atoms with Crippen LogP contribution in [-0.2, 0) is 4.57 Å². The van der Waals surface area contributed by atoms with Gasteiger partial charge in [0, 0.05) is 22.3 Å². The molecule has 1 aliphatic rings. The molecule has 2 N–H and O–H groups in total. The van der Waals surface area contributed by atoms with Crippen molar-refractivity contribution >= 4 is 24.5 Å². The maximum Gasteiger partial charge on any atom is 0.356 e. The second-order valence-electron chi connectivity index (χ2n) is 4.48. The summed E-state index contributed by atoms with van der Waals surface area (Å²) >= 11 is 0. The van der Waals surface area contributed by atoms with Gasteiger partial charge in [0.1, 0.15) is 0 Å². The molecule has 0 atom stereocenters. The van der Waals surface area contributed by atoms with Crippen molar-refractivity contribution in [3.63, 3.8) is 0 Å². The van der Waals surface area contributed by atoms with Gasteiger partial charge in [-0.05, 0) is 18.2 Å². The first-order valence-corrected chi connectivity index (χ1v) is 7.39. The number of carbonyl (C=O) groups excluding carboxylic acids is 2. The number of ketones is 2. The first kappa shape index (κ1) is 12.9. The smallest absolute Gasteiger partial charge is 0.321 e.